The minimum atomic E-state index is 0.0643. The van der Waals surface area contributed by atoms with Gasteiger partial charge >= 0.3 is 0 Å². The molecule has 0 radical (unpaired) electrons. The van der Waals surface area contributed by atoms with Crippen molar-refractivity contribution in [1.82, 2.24) is 5.32 Å². The normalized spacial score (nSPS) is 18.3. The number of hydrogen-bond acceptors (Lipinski definition) is 3. The quantitative estimate of drug-likeness (QED) is 0.665. The van der Waals surface area contributed by atoms with Crippen LogP contribution in [0.2, 0.25) is 10.0 Å². The van der Waals surface area contributed by atoms with Crippen LogP contribution in [0.25, 0.3) is 0 Å². The molecule has 1 aliphatic rings. The van der Waals surface area contributed by atoms with Gasteiger partial charge in [0.2, 0.25) is 0 Å². The molecular weight excluding hydrogens is 271 g/mol. The summed E-state index contributed by atoms with van der Waals surface area (Å²) in [5, 5.41) is 8.37. The van der Waals surface area contributed by atoms with E-state index in [1.54, 1.807) is 6.07 Å². The third kappa shape index (κ3) is 3.25. The zero-order valence-corrected chi connectivity index (χ0v) is 11.3. The summed E-state index contributed by atoms with van der Waals surface area (Å²) in [6, 6.07) is 5.48. The van der Waals surface area contributed by atoms with E-state index < -0.39 is 0 Å². The molecule has 3 nitrogen and oxygen atoms in total. The molecule has 1 heterocycles. The van der Waals surface area contributed by atoms with E-state index in [-0.39, 0.29) is 6.10 Å². The second-order valence-corrected chi connectivity index (χ2v) is 4.86. The van der Waals surface area contributed by atoms with Crippen LogP contribution < -0.4 is 5.32 Å². The van der Waals surface area contributed by atoms with Gasteiger partial charge in [-0.05, 0) is 12.1 Å². The zero-order valence-electron chi connectivity index (χ0n) is 9.83. The van der Waals surface area contributed by atoms with Gasteiger partial charge in [-0.3, -0.25) is 0 Å². The van der Waals surface area contributed by atoms with Gasteiger partial charge < -0.3 is 10.2 Å². The Morgan fingerprint density at radius 2 is 2.28 bits per heavy atom. The first-order valence-electron chi connectivity index (χ1n) is 5.70. The minimum absolute atomic E-state index is 0.0643. The van der Waals surface area contributed by atoms with E-state index in [2.05, 4.69) is 17.1 Å². The molecule has 0 aromatic heterocycles. The molecule has 0 bridgehead atoms. The van der Waals surface area contributed by atoms with Crippen LogP contribution >= 0.6 is 23.2 Å². The molecule has 1 N–H and O–H groups in total. The molecule has 0 spiro atoms. The van der Waals surface area contributed by atoms with E-state index in [9.17, 15) is 0 Å². The monoisotopic (exact) mass is 284 g/mol. The zero-order chi connectivity index (χ0) is 13.0. The van der Waals surface area contributed by atoms with Crippen molar-refractivity contribution in [2.24, 2.45) is 5.16 Å². The highest BCUT2D eigenvalue weighted by Crippen LogP contribution is 2.25. The number of benzene rings is 1. The maximum atomic E-state index is 5.98. The molecule has 18 heavy (non-hydrogen) atoms. The van der Waals surface area contributed by atoms with Crippen LogP contribution in [0.5, 0.6) is 0 Å². The highest BCUT2D eigenvalue weighted by atomic mass is 35.5. The Balaban J connectivity index is 1.95. The van der Waals surface area contributed by atoms with Crippen LogP contribution in [0.15, 0.2) is 36.0 Å². The highest BCUT2D eigenvalue weighted by molar-refractivity contribution is 6.42. The van der Waals surface area contributed by atoms with Crippen LogP contribution in [0.1, 0.15) is 12.0 Å². The first-order valence-corrected chi connectivity index (χ1v) is 6.46. The summed E-state index contributed by atoms with van der Waals surface area (Å²) >= 11 is 11.9. The van der Waals surface area contributed by atoms with E-state index in [0.29, 0.717) is 10.0 Å². The molecule has 0 saturated heterocycles. The summed E-state index contributed by atoms with van der Waals surface area (Å²) in [6.07, 6.45) is 2.65. The van der Waals surface area contributed by atoms with E-state index in [1.165, 1.54) is 0 Å². The molecule has 0 saturated carbocycles. The van der Waals surface area contributed by atoms with Gasteiger partial charge in [-0.1, -0.05) is 40.5 Å². The number of rotatable bonds is 5. The molecular formula is C13H14Cl2N2O. The summed E-state index contributed by atoms with van der Waals surface area (Å²) in [7, 11) is 0. The van der Waals surface area contributed by atoms with Gasteiger partial charge in [0.05, 0.1) is 15.8 Å². The number of nitrogens with zero attached hydrogens (tertiary/aromatic N) is 1. The van der Waals surface area contributed by atoms with Crippen molar-refractivity contribution >= 4 is 28.9 Å². The maximum absolute atomic E-state index is 5.98. The van der Waals surface area contributed by atoms with Crippen molar-refractivity contribution < 1.29 is 4.84 Å². The Bertz CT molecular complexity index is 474. The Kier molecular flexibility index (Phi) is 4.64. The summed E-state index contributed by atoms with van der Waals surface area (Å²) in [5.41, 5.74) is 1.86. The predicted molar refractivity (Wildman–Crippen MR) is 75.6 cm³/mol. The van der Waals surface area contributed by atoms with E-state index >= 15 is 0 Å². The topological polar surface area (TPSA) is 33.6 Å². The van der Waals surface area contributed by atoms with Crippen molar-refractivity contribution in [3.05, 3.63) is 46.5 Å². The highest BCUT2D eigenvalue weighted by Gasteiger charge is 2.21. The lowest BCUT2D eigenvalue weighted by atomic mass is 10.1. The first-order chi connectivity index (χ1) is 8.70. The second-order valence-electron chi connectivity index (χ2n) is 4.05. The van der Waals surface area contributed by atoms with Gasteiger partial charge in [-0.15, -0.1) is 6.58 Å². The smallest absolute Gasteiger partial charge is 0.145 e. The minimum Gasteiger partial charge on any atom is -0.390 e. The number of oxime groups is 1. The van der Waals surface area contributed by atoms with E-state index in [0.717, 1.165) is 30.8 Å². The second kappa shape index (κ2) is 6.23. The lowest BCUT2D eigenvalue weighted by Crippen LogP contribution is -2.27. The maximum Gasteiger partial charge on any atom is 0.145 e. The number of hydrogen-bond donors (Lipinski definition) is 1. The van der Waals surface area contributed by atoms with Gasteiger partial charge in [0.25, 0.3) is 0 Å². The Hall–Kier alpha value is -1.03. The fourth-order valence-corrected chi connectivity index (χ4v) is 2.03. The average molecular weight is 285 g/mol. The van der Waals surface area contributed by atoms with Crippen molar-refractivity contribution in [1.29, 1.82) is 0 Å². The SMILES string of the molecule is C=CCNC[C@@H]1CC(c2ccc(Cl)c(Cl)c2)=NO1. The van der Waals surface area contributed by atoms with E-state index in [1.807, 2.05) is 18.2 Å². The summed E-state index contributed by atoms with van der Waals surface area (Å²) in [5.74, 6) is 0. The molecule has 1 aliphatic heterocycles. The van der Waals surface area contributed by atoms with Gasteiger partial charge in [-0.2, -0.15) is 0 Å². The van der Waals surface area contributed by atoms with Crippen molar-refractivity contribution in [3.8, 4) is 0 Å². The molecule has 0 fully saturated rings. The van der Waals surface area contributed by atoms with Gasteiger partial charge in [0.1, 0.15) is 6.10 Å². The van der Waals surface area contributed by atoms with Crippen LogP contribution in [0, 0.1) is 0 Å². The Morgan fingerprint density at radius 3 is 3.00 bits per heavy atom. The van der Waals surface area contributed by atoms with Gasteiger partial charge in [0.15, 0.2) is 0 Å². The fraction of sp³-hybridized carbons (Fsp3) is 0.308. The van der Waals surface area contributed by atoms with Crippen LogP contribution in [-0.2, 0) is 4.84 Å². The Labute approximate surface area is 116 Å². The lowest BCUT2D eigenvalue weighted by molar-refractivity contribution is 0.0859. The third-order valence-corrected chi connectivity index (χ3v) is 3.39. The average Bonchev–Trinajstić information content (AvgIpc) is 2.82. The van der Waals surface area contributed by atoms with E-state index in [4.69, 9.17) is 28.0 Å². The summed E-state index contributed by atoms with van der Waals surface area (Å²) in [6.45, 7) is 5.16. The largest absolute Gasteiger partial charge is 0.390 e. The van der Waals surface area contributed by atoms with Crippen LogP contribution in [-0.4, -0.2) is 24.9 Å². The standard InChI is InChI=1S/C13H14Cl2N2O/c1-2-5-16-8-10-7-13(17-18-10)9-3-4-11(14)12(15)6-9/h2-4,6,10,16H,1,5,7-8H2/t10-/m0/s1. The molecule has 0 unspecified atom stereocenters. The number of nitrogens with one attached hydrogen (secondary N) is 1. The van der Waals surface area contributed by atoms with Crippen LogP contribution in [0.3, 0.4) is 0 Å². The molecule has 2 rings (SSSR count). The molecule has 0 amide bonds. The van der Waals surface area contributed by atoms with Crippen molar-refractivity contribution in [2.45, 2.75) is 12.5 Å². The Morgan fingerprint density at radius 1 is 1.44 bits per heavy atom. The molecule has 1 aromatic rings. The summed E-state index contributed by atoms with van der Waals surface area (Å²) < 4.78 is 0. The van der Waals surface area contributed by atoms with Crippen molar-refractivity contribution in [2.75, 3.05) is 13.1 Å². The van der Waals surface area contributed by atoms with Gasteiger partial charge in [0, 0.05) is 25.1 Å². The van der Waals surface area contributed by atoms with Crippen LogP contribution in [0.4, 0.5) is 0 Å². The fourth-order valence-electron chi connectivity index (χ4n) is 1.73. The molecule has 1 atom stereocenters. The van der Waals surface area contributed by atoms with Crippen molar-refractivity contribution in [3.63, 3.8) is 0 Å². The third-order valence-electron chi connectivity index (χ3n) is 2.65. The number of halogens is 2. The first kappa shape index (κ1) is 13.4. The molecule has 96 valence electrons. The molecule has 1 aromatic carbocycles. The molecule has 5 heteroatoms. The predicted octanol–water partition coefficient (Wildman–Crippen LogP) is 3.26. The summed E-state index contributed by atoms with van der Waals surface area (Å²) in [4.78, 5) is 5.35. The molecule has 0 aliphatic carbocycles. The lowest BCUT2D eigenvalue weighted by Gasteiger charge is -2.07. The van der Waals surface area contributed by atoms with Gasteiger partial charge in [-0.25, -0.2) is 0 Å².